The van der Waals surface area contributed by atoms with Crippen LogP contribution < -0.4 is 10.9 Å². The number of benzene rings is 1. The van der Waals surface area contributed by atoms with Gasteiger partial charge in [0, 0.05) is 23.3 Å². The second-order valence-electron chi connectivity index (χ2n) is 7.27. The zero-order chi connectivity index (χ0) is 19.5. The minimum Gasteiger partial charge on any atom is -0.446 e. The number of anilines is 1. The van der Waals surface area contributed by atoms with E-state index in [1.54, 1.807) is 12.3 Å². The van der Waals surface area contributed by atoms with Crippen molar-refractivity contribution in [2.24, 2.45) is 0 Å². The normalized spacial score (nSPS) is 14.8. The Balaban J connectivity index is 1.55. The number of pyridine rings is 2. The summed E-state index contributed by atoms with van der Waals surface area (Å²) in [5.74, 6) is 0. The van der Waals surface area contributed by atoms with Crippen LogP contribution in [0.1, 0.15) is 37.8 Å². The summed E-state index contributed by atoms with van der Waals surface area (Å²) in [4.78, 5) is 31.0. The fourth-order valence-electron chi connectivity index (χ4n) is 3.63. The van der Waals surface area contributed by atoms with Crippen LogP contribution in [-0.2, 0) is 4.74 Å². The molecule has 1 amide bonds. The Morgan fingerprint density at radius 3 is 2.75 bits per heavy atom. The Morgan fingerprint density at radius 2 is 1.93 bits per heavy atom. The Kier molecular flexibility index (Phi) is 5.10. The standard InChI is InChI=1S/C22H23N3O3/c1-14-20(25-22(27)28-18-5-3-2-4-6-18)12-17(13-23-14)15-7-9-19-16(11-15)8-10-21(26)24-19/h7-13,18H,2-6H2,1H3,(H,24,26)(H,25,27). The SMILES string of the molecule is Cc1ncc(-c2ccc3[nH]c(=O)ccc3c2)cc1NC(=O)OC1CCCCC1. The molecule has 0 spiro atoms. The van der Waals surface area contributed by atoms with Gasteiger partial charge in [-0.05, 0) is 67.8 Å². The molecule has 0 unspecified atom stereocenters. The molecule has 1 saturated carbocycles. The first kappa shape index (κ1) is 18.2. The highest BCUT2D eigenvalue weighted by Crippen LogP contribution is 2.27. The fraction of sp³-hybridized carbons (Fsp3) is 0.318. The summed E-state index contributed by atoms with van der Waals surface area (Å²) >= 11 is 0. The van der Waals surface area contributed by atoms with E-state index in [2.05, 4.69) is 15.3 Å². The molecule has 1 aromatic carbocycles. The third-order valence-electron chi connectivity index (χ3n) is 5.21. The third-order valence-corrected chi connectivity index (χ3v) is 5.21. The first-order valence-corrected chi connectivity index (χ1v) is 9.66. The molecular formula is C22H23N3O3. The number of aromatic nitrogens is 2. The lowest BCUT2D eigenvalue weighted by molar-refractivity contribution is 0.0865. The van der Waals surface area contributed by atoms with Crippen molar-refractivity contribution in [2.75, 3.05) is 5.32 Å². The molecule has 2 aromatic heterocycles. The van der Waals surface area contributed by atoms with Crippen molar-refractivity contribution in [2.45, 2.75) is 45.1 Å². The Hall–Kier alpha value is -3.15. The van der Waals surface area contributed by atoms with E-state index in [0.29, 0.717) is 5.69 Å². The second kappa shape index (κ2) is 7.84. The molecule has 0 aliphatic heterocycles. The number of fused-ring (bicyclic) bond motifs is 1. The van der Waals surface area contributed by atoms with Gasteiger partial charge < -0.3 is 9.72 Å². The number of nitrogens with one attached hydrogen (secondary N) is 2. The number of rotatable bonds is 3. The number of carbonyl (C=O) groups excluding carboxylic acids is 1. The quantitative estimate of drug-likeness (QED) is 0.688. The van der Waals surface area contributed by atoms with Crippen LogP contribution in [0.4, 0.5) is 10.5 Å². The maximum atomic E-state index is 12.3. The van der Waals surface area contributed by atoms with Gasteiger partial charge in [0.2, 0.25) is 5.56 Å². The number of aromatic amines is 1. The summed E-state index contributed by atoms with van der Waals surface area (Å²) in [5, 5.41) is 3.78. The summed E-state index contributed by atoms with van der Waals surface area (Å²) in [6, 6.07) is 11.0. The summed E-state index contributed by atoms with van der Waals surface area (Å²) in [7, 11) is 0. The van der Waals surface area contributed by atoms with E-state index in [9.17, 15) is 9.59 Å². The van der Waals surface area contributed by atoms with Crippen LogP contribution in [0.15, 0.2) is 47.4 Å². The minimum absolute atomic E-state index is 0.00726. The molecular weight excluding hydrogens is 354 g/mol. The molecule has 28 heavy (non-hydrogen) atoms. The zero-order valence-corrected chi connectivity index (χ0v) is 15.8. The van der Waals surface area contributed by atoms with Crippen molar-refractivity contribution in [1.29, 1.82) is 0 Å². The smallest absolute Gasteiger partial charge is 0.411 e. The zero-order valence-electron chi connectivity index (χ0n) is 15.8. The molecule has 0 saturated heterocycles. The number of aryl methyl sites for hydroxylation is 1. The molecule has 6 nitrogen and oxygen atoms in total. The second-order valence-corrected chi connectivity index (χ2v) is 7.27. The largest absolute Gasteiger partial charge is 0.446 e. The molecule has 1 aliphatic rings. The molecule has 0 radical (unpaired) electrons. The molecule has 3 aromatic rings. The van der Waals surface area contributed by atoms with Gasteiger partial charge in [-0.3, -0.25) is 15.1 Å². The number of amides is 1. The maximum absolute atomic E-state index is 12.3. The summed E-state index contributed by atoms with van der Waals surface area (Å²) in [5.41, 5.74) is 3.86. The first-order chi connectivity index (χ1) is 13.6. The number of carbonyl (C=O) groups is 1. The molecule has 2 heterocycles. The average molecular weight is 377 g/mol. The first-order valence-electron chi connectivity index (χ1n) is 9.66. The van der Waals surface area contributed by atoms with Gasteiger partial charge in [-0.2, -0.15) is 0 Å². The van der Waals surface area contributed by atoms with Crippen LogP contribution in [0.5, 0.6) is 0 Å². The molecule has 1 aliphatic carbocycles. The highest BCUT2D eigenvalue weighted by molar-refractivity contribution is 5.88. The highest BCUT2D eigenvalue weighted by Gasteiger charge is 2.18. The molecule has 6 heteroatoms. The molecule has 0 atom stereocenters. The topological polar surface area (TPSA) is 84.1 Å². The van der Waals surface area contributed by atoms with Gasteiger partial charge in [0.1, 0.15) is 6.10 Å². The number of nitrogens with zero attached hydrogens (tertiary/aromatic N) is 1. The van der Waals surface area contributed by atoms with Crippen molar-refractivity contribution in [1.82, 2.24) is 9.97 Å². The lowest BCUT2D eigenvalue weighted by Gasteiger charge is -2.22. The summed E-state index contributed by atoms with van der Waals surface area (Å²) in [6.07, 6.45) is 6.67. The van der Waals surface area contributed by atoms with Crippen LogP contribution in [0.3, 0.4) is 0 Å². The number of hydrogen-bond donors (Lipinski definition) is 2. The average Bonchev–Trinajstić information content (AvgIpc) is 2.70. The van der Waals surface area contributed by atoms with E-state index < -0.39 is 6.09 Å². The van der Waals surface area contributed by atoms with Crippen LogP contribution in [0.2, 0.25) is 0 Å². The van der Waals surface area contributed by atoms with Crippen molar-refractivity contribution >= 4 is 22.7 Å². The van der Waals surface area contributed by atoms with Crippen LogP contribution in [-0.4, -0.2) is 22.2 Å². The van der Waals surface area contributed by atoms with Crippen molar-refractivity contribution in [3.05, 3.63) is 58.6 Å². The van der Waals surface area contributed by atoms with E-state index in [4.69, 9.17) is 4.74 Å². The monoisotopic (exact) mass is 377 g/mol. The summed E-state index contributed by atoms with van der Waals surface area (Å²) in [6.45, 7) is 1.85. The van der Waals surface area contributed by atoms with Gasteiger partial charge in [-0.25, -0.2) is 4.79 Å². The van der Waals surface area contributed by atoms with Gasteiger partial charge >= 0.3 is 6.09 Å². The van der Waals surface area contributed by atoms with E-state index in [-0.39, 0.29) is 11.7 Å². The Morgan fingerprint density at radius 1 is 1.11 bits per heavy atom. The molecule has 2 N–H and O–H groups in total. The predicted octanol–water partition coefficient (Wildman–Crippen LogP) is 4.78. The van der Waals surface area contributed by atoms with E-state index in [0.717, 1.165) is 53.4 Å². The Labute approximate surface area is 163 Å². The van der Waals surface area contributed by atoms with E-state index in [1.165, 1.54) is 12.5 Å². The Bertz CT molecular complexity index is 1070. The van der Waals surface area contributed by atoms with Crippen LogP contribution >= 0.6 is 0 Å². The lowest BCUT2D eigenvalue weighted by atomic mass is 9.98. The minimum atomic E-state index is -0.426. The van der Waals surface area contributed by atoms with E-state index in [1.807, 2.05) is 31.2 Å². The third kappa shape index (κ3) is 4.06. The predicted molar refractivity (Wildman–Crippen MR) is 110 cm³/mol. The van der Waals surface area contributed by atoms with Crippen LogP contribution in [0, 0.1) is 6.92 Å². The number of H-pyrrole nitrogens is 1. The number of hydrogen-bond acceptors (Lipinski definition) is 4. The molecule has 0 bridgehead atoms. The fourth-order valence-corrected chi connectivity index (χ4v) is 3.63. The lowest BCUT2D eigenvalue weighted by Crippen LogP contribution is -2.24. The van der Waals surface area contributed by atoms with Crippen molar-refractivity contribution in [3.8, 4) is 11.1 Å². The van der Waals surface area contributed by atoms with Gasteiger partial charge in [0.25, 0.3) is 0 Å². The van der Waals surface area contributed by atoms with Crippen molar-refractivity contribution < 1.29 is 9.53 Å². The van der Waals surface area contributed by atoms with Crippen LogP contribution in [0.25, 0.3) is 22.0 Å². The molecule has 4 rings (SSSR count). The molecule has 144 valence electrons. The van der Waals surface area contributed by atoms with Gasteiger partial charge in [0.05, 0.1) is 11.4 Å². The van der Waals surface area contributed by atoms with Gasteiger partial charge in [-0.1, -0.05) is 12.5 Å². The highest BCUT2D eigenvalue weighted by atomic mass is 16.6. The maximum Gasteiger partial charge on any atom is 0.411 e. The molecule has 1 fully saturated rings. The van der Waals surface area contributed by atoms with Gasteiger partial charge in [-0.15, -0.1) is 0 Å². The number of ether oxygens (including phenoxy) is 1. The van der Waals surface area contributed by atoms with E-state index >= 15 is 0 Å². The van der Waals surface area contributed by atoms with Crippen molar-refractivity contribution in [3.63, 3.8) is 0 Å². The van der Waals surface area contributed by atoms with Gasteiger partial charge in [0.15, 0.2) is 0 Å². The summed E-state index contributed by atoms with van der Waals surface area (Å²) < 4.78 is 5.55.